The summed E-state index contributed by atoms with van der Waals surface area (Å²) in [6.45, 7) is 8.60. The van der Waals surface area contributed by atoms with E-state index < -0.39 is 0 Å². The van der Waals surface area contributed by atoms with Crippen LogP contribution in [0.5, 0.6) is 11.5 Å². The SMILES string of the molecule is [C-]#[N+]c1ccc(C2CCN(C(=O)c3cc(-c4ccc5c(c4)OCO5)on3)CC2)cc1. The topological polar surface area (TPSA) is 69.2 Å². The van der Waals surface area contributed by atoms with Crippen molar-refractivity contribution < 1.29 is 18.8 Å². The molecule has 3 heterocycles. The quantitative estimate of drug-likeness (QED) is 0.598. The summed E-state index contributed by atoms with van der Waals surface area (Å²) in [7, 11) is 0. The number of carbonyl (C=O) groups is 1. The fourth-order valence-electron chi connectivity index (χ4n) is 3.96. The third-order valence-corrected chi connectivity index (χ3v) is 5.66. The Labute approximate surface area is 173 Å². The van der Waals surface area contributed by atoms with Crippen LogP contribution in [0, 0.1) is 6.57 Å². The van der Waals surface area contributed by atoms with Gasteiger partial charge in [0, 0.05) is 24.7 Å². The van der Waals surface area contributed by atoms with Crippen molar-refractivity contribution in [3.05, 3.63) is 71.2 Å². The van der Waals surface area contributed by atoms with Crippen LogP contribution < -0.4 is 9.47 Å². The molecule has 2 aliphatic heterocycles. The van der Waals surface area contributed by atoms with E-state index in [9.17, 15) is 4.79 Å². The lowest BCUT2D eigenvalue weighted by Gasteiger charge is -2.31. The third kappa shape index (κ3) is 3.37. The van der Waals surface area contributed by atoms with Crippen molar-refractivity contribution in [3.8, 4) is 22.8 Å². The second-order valence-corrected chi connectivity index (χ2v) is 7.41. The normalized spacial score (nSPS) is 15.8. The second-order valence-electron chi connectivity index (χ2n) is 7.41. The van der Waals surface area contributed by atoms with Crippen LogP contribution in [-0.4, -0.2) is 35.8 Å². The van der Waals surface area contributed by atoms with Gasteiger partial charge in [-0.25, -0.2) is 4.85 Å². The van der Waals surface area contributed by atoms with E-state index in [0.29, 0.717) is 47.6 Å². The van der Waals surface area contributed by atoms with E-state index in [4.69, 9.17) is 20.6 Å². The molecule has 30 heavy (non-hydrogen) atoms. The molecule has 0 radical (unpaired) electrons. The molecule has 7 heteroatoms. The first-order valence-corrected chi connectivity index (χ1v) is 9.85. The predicted molar refractivity (Wildman–Crippen MR) is 109 cm³/mol. The number of rotatable bonds is 3. The molecule has 1 aromatic heterocycles. The van der Waals surface area contributed by atoms with E-state index in [1.54, 1.807) is 6.07 Å². The van der Waals surface area contributed by atoms with Gasteiger partial charge in [0.1, 0.15) is 0 Å². The molecule has 0 spiro atoms. The number of ether oxygens (including phenoxy) is 2. The molecule has 150 valence electrons. The molecule has 0 bridgehead atoms. The molecule has 2 aliphatic rings. The lowest BCUT2D eigenvalue weighted by atomic mass is 9.89. The van der Waals surface area contributed by atoms with Crippen molar-refractivity contribution in [2.24, 2.45) is 0 Å². The number of hydrogen-bond donors (Lipinski definition) is 0. The number of benzene rings is 2. The summed E-state index contributed by atoms with van der Waals surface area (Å²) in [5.41, 5.74) is 2.96. The minimum atomic E-state index is -0.118. The Kier molecular flexibility index (Phi) is 4.60. The fourth-order valence-corrected chi connectivity index (χ4v) is 3.96. The van der Waals surface area contributed by atoms with Crippen LogP contribution in [0.15, 0.2) is 53.1 Å². The lowest BCUT2D eigenvalue weighted by Crippen LogP contribution is -2.38. The summed E-state index contributed by atoms with van der Waals surface area (Å²) in [4.78, 5) is 18.1. The van der Waals surface area contributed by atoms with Gasteiger partial charge in [0.25, 0.3) is 5.91 Å². The first-order chi connectivity index (χ1) is 14.7. The van der Waals surface area contributed by atoms with E-state index in [-0.39, 0.29) is 12.7 Å². The summed E-state index contributed by atoms with van der Waals surface area (Å²) < 4.78 is 16.1. The Balaban J connectivity index is 1.24. The van der Waals surface area contributed by atoms with Gasteiger partial charge < -0.3 is 18.9 Å². The Morgan fingerprint density at radius 3 is 2.57 bits per heavy atom. The number of fused-ring (bicyclic) bond motifs is 1. The molecule has 0 unspecified atom stereocenters. The highest BCUT2D eigenvalue weighted by molar-refractivity contribution is 5.93. The van der Waals surface area contributed by atoms with Crippen LogP contribution in [0.25, 0.3) is 16.2 Å². The molecule has 7 nitrogen and oxygen atoms in total. The van der Waals surface area contributed by atoms with Crippen LogP contribution >= 0.6 is 0 Å². The number of likely N-dealkylation sites (tertiary alicyclic amines) is 1. The molecule has 5 rings (SSSR count). The molecule has 0 N–H and O–H groups in total. The van der Waals surface area contributed by atoms with Gasteiger partial charge >= 0.3 is 0 Å². The largest absolute Gasteiger partial charge is 0.454 e. The fraction of sp³-hybridized carbons (Fsp3) is 0.261. The highest BCUT2D eigenvalue weighted by atomic mass is 16.7. The maximum atomic E-state index is 12.9. The Bertz CT molecular complexity index is 1120. The van der Waals surface area contributed by atoms with Gasteiger partial charge in [-0.3, -0.25) is 4.79 Å². The molecule has 0 aliphatic carbocycles. The molecule has 1 amide bonds. The van der Waals surface area contributed by atoms with Crippen molar-refractivity contribution in [3.63, 3.8) is 0 Å². The highest BCUT2D eigenvalue weighted by Gasteiger charge is 2.27. The van der Waals surface area contributed by atoms with Gasteiger partial charge in [-0.15, -0.1) is 0 Å². The Hall–Kier alpha value is -3.79. The minimum Gasteiger partial charge on any atom is -0.454 e. The molecular formula is C23H19N3O4. The van der Waals surface area contributed by atoms with E-state index in [1.165, 1.54) is 5.56 Å². The zero-order valence-corrected chi connectivity index (χ0v) is 16.2. The van der Waals surface area contributed by atoms with Gasteiger partial charge in [0.05, 0.1) is 6.57 Å². The monoisotopic (exact) mass is 401 g/mol. The zero-order valence-electron chi connectivity index (χ0n) is 16.2. The summed E-state index contributed by atoms with van der Waals surface area (Å²) in [6, 6.07) is 14.9. The number of nitrogens with zero attached hydrogens (tertiary/aromatic N) is 3. The average molecular weight is 401 g/mol. The second kappa shape index (κ2) is 7.56. The van der Waals surface area contributed by atoms with Crippen LogP contribution in [-0.2, 0) is 0 Å². The number of hydrogen-bond acceptors (Lipinski definition) is 5. The average Bonchev–Trinajstić information content (AvgIpc) is 3.48. The lowest BCUT2D eigenvalue weighted by molar-refractivity contribution is 0.0702. The first-order valence-electron chi connectivity index (χ1n) is 9.85. The maximum Gasteiger partial charge on any atom is 0.276 e. The number of carbonyl (C=O) groups excluding carboxylic acids is 1. The molecule has 1 fully saturated rings. The summed E-state index contributed by atoms with van der Waals surface area (Å²) in [5.74, 6) is 2.15. The smallest absolute Gasteiger partial charge is 0.276 e. The predicted octanol–water partition coefficient (Wildman–Crippen LogP) is 4.64. The van der Waals surface area contributed by atoms with Crippen LogP contribution in [0.1, 0.15) is 34.8 Å². The number of amides is 1. The van der Waals surface area contributed by atoms with Crippen LogP contribution in [0.3, 0.4) is 0 Å². The standard InChI is InChI=1S/C23H19N3O4/c1-24-18-5-2-15(3-6-18)16-8-10-26(11-9-16)23(27)19-13-21(30-25-19)17-4-7-20-22(12-17)29-14-28-20/h2-7,12-13,16H,8-11,14H2. The van der Waals surface area contributed by atoms with Gasteiger partial charge in [0.2, 0.25) is 6.79 Å². The van der Waals surface area contributed by atoms with Gasteiger partial charge in [-0.1, -0.05) is 29.4 Å². The van der Waals surface area contributed by atoms with Crippen molar-refractivity contribution in [1.29, 1.82) is 0 Å². The van der Waals surface area contributed by atoms with E-state index in [0.717, 1.165) is 18.4 Å². The molecular weight excluding hydrogens is 382 g/mol. The summed E-state index contributed by atoms with van der Waals surface area (Å²) >= 11 is 0. The zero-order chi connectivity index (χ0) is 20.5. The summed E-state index contributed by atoms with van der Waals surface area (Å²) in [5, 5.41) is 3.99. The number of aromatic nitrogens is 1. The van der Waals surface area contributed by atoms with E-state index in [1.807, 2.05) is 47.4 Å². The minimum absolute atomic E-state index is 0.118. The van der Waals surface area contributed by atoms with Gasteiger partial charge in [-0.05, 0) is 42.5 Å². The van der Waals surface area contributed by atoms with Gasteiger partial charge in [-0.2, -0.15) is 0 Å². The third-order valence-electron chi connectivity index (χ3n) is 5.66. The Morgan fingerprint density at radius 1 is 1.03 bits per heavy atom. The van der Waals surface area contributed by atoms with Gasteiger partial charge in [0.15, 0.2) is 28.6 Å². The Morgan fingerprint density at radius 2 is 1.80 bits per heavy atom. The van der Waals surface area contributed by atoms with Crippen molar-refractivity contribution in [1.82, 2.24) is 10.1 Å². The molecule has 0 atom stereocenters. The molecule has 2 aromatic carbocycles. The van der Waals surface area contributed by atoms with E-state index >= 15 is 0 Å². The van der Waals surface area contributed by atoms with Crippen molar-refractivity contribution >= 4 is 11.6 Å². The van der Waals surface area contributed by atoms with Crippen molar-refractivity contribution in [2.45, 2.75) is 18.8 Å². The number of piperidine rings is 1. The maximum absolute atomic E-state index is 12.9. The molecule has 0 saturated carbocycles. The van der Waals surface area contributed by atoms with Crippen LogP contribution in [0.2, 0.25) is 0 Å². The van der Waals surface area contributed by atoms with Crippen LogP contribution in [0.4, 0.5) is 5.69 Å². The van der Waals surface area contributed by atoms with Crippen molar-refractivity contribution in [2.75, 3.05) is 19.9 Å². The summed E-state index contributed by atoms with van der Waals surface area (Å²) in [6.07, 6.45) is 1.77. The first kappa shape index (κ1) is 18.3. The molecule has 1 saturated heterocycles. The molecule has 3 aromatic rings. The highest BCUT2D eigenvalue weighted by Crippen LogP contribution is 2.36. The van der Waals surface area contributed by atoms with E-state index in [2.05, 4.69) is 10.0 Å².